The van der Waals surface area contributed by atoms with E-state index in [4.69, 9.17) is 4.74 Å². The Labute approximate surface area is 111 Å². The van der Waals surface area contributed by atoms with Crippen molar-refractivity contribution in [3.63, 3.8) is 0 Å². The number of nitrogens with one attached hydrogen (secondary N) is 1. The molecule has 19 heavy (non-hydrogen) atoms. The maximum atomic E-state index is 14.3. The molecule has 2 aromatic rings. The molecule has 0 aliphatic heterocycles. The first-order chi connectivity index (χ1) is 9.08. The van der Waals surface area contributed by atoms with Crippen molar-refractivity contribution in [1.29, 1.82) is 0 Å². The lowest BCUT2D eigenvalue weighted by molar-refractivity contribution is 0.387. The van der Waals surface area contributed by atoms with Crippen molar-refractivity contribution in [2.45, 2.75) is 13.8 Å². The summed E-state index contributed by atoms with van der Waals surface area (Å²) in [4.78, 5) is 8.61. The van der Waals surface area contributed by atoms with Gasteiger partial charge >= 0.3 is 0 Å². The third kappa shape index (κ3) is 2.36. The highest BCUT2D eigenvalue weighted by molar-refractivity contribution is 5.70. The van der Waals surface area contributed by atoms with E-state index in [1.165, 1.54) is 7.11 Å². The number of aromatic nitrogens is 2. The van der Waals surface area contributed by atoms with Crippen molar-refractivity contribution >= 4 is 5.82 Å². The van der Waals surface area contributed by atoms with Crippen LogP contribution in [-0.2, 0) is 0 Å². The smallest absolute Gasteiger partial charge is 0.174 e. The molecule has 0 bridgehead atoms. The number of halogens is 1. The number of hydrogen-bond acceptors (Lipinski definition) is 4. The van der Waals surface area contributed by atoms with Gasteiger partial charge in [-0.2, -0.15) is 0 Å². The van der Waals surface area contributed by atoms with Crippen LogP contribution in [0.5, 0.6) is 5.75 Å². The minimum atomic E-state index is -0.409. The normalized spacial score (nSPS) is 10.4. The Morgan fingerprint density at radius 2 is 1.95 bits per heavy atom. The Bertz CT molecular complexity index is 614. The van der Waals surface area contributed by atoms with Crippen LogP contribution in [0.1, 0.15) is 11.4 Å². The van der Waals surface area contributed by atoms with Crippen LogP contribution in [0, 0.1) is 19.7 Å². The summed E-state index contributed by atoms with van der Waals surface area (Å²) in [5, 5.41) is 2.99. The van der Waals surface area contributed by atoms with E-state index in [9.17, 15) is 4.39 Å². The third-order valence-electron chi connectivity index (χ3n) is 2.93. The Hall–Kier alpha value is -2.17. The second kappa shape index (κ2) is 5.22. The van der Waals surface area contributed by atoms with E-state index in [0.717, 1.165) is 5.56 Å². The quantitative estimate of drug-likeness (QED) is 0.922. The van der Waals surface area contributed by atoms with Crippen LogP contribution < -0.4 is 10.1 Å². The van der Waals surface area contributed by atoms with Crippen LogP contribution in [0.4, 0.5) is 10.2 Å². The van der Waals surface area contributed by atoms with Gasteiger partial charge in [-0.15, -0.1) is 0 Å². The van der Waals surface area contributed by atoms with Crippen molar-refractivity contribution in [3.05, 3.63) is 35.4 Å². The van der Waals surface area contributed by atoms with Gasteiger partial charge in [0.1, 0.15) is 11.6 Å². The van der Waals surface area contributed by atoms with Gasteiger partial charge in [0.25, 0.3) is 0 Å². The monoisotopic (exact) mass is 261 g/mol. The highest BCUT2D eigenvalue weighted by Gasteiger charge is 2.16. The molecule has 0 radical (unpaired) electrons. The van der Waals surface area contributed by atoms with E-state index in [1.807, 2.05) is 6.92 Å². The number of hydrogen-bond donors (Lipinski definition) is 1. The second-order valence-electron chi connectivity index (χ2n) is 4.16. The first-order valence-electron chi connectivity index (χ1n) is 5.94. The molecule has 0 fully saturated rings. The van der Waals surface area contributed by atoms with Crippen LogP contribution in [0.25, 0.3) is 11.3 Å². The molecule has 0 saturated heterocycles. The number of ether oxygens (including phenoxy) is 1. The fraction of sp³-hybridized carbons (Fsp3) is 0.286. The summed E-state index contributed by atoms with van der Waals surface area (Å²) in [7, 11) is 3.22. The summed E-state index contributed by atoms with van der Waals surface area (Å²) in [6, 6.07) is 5.01. The Balaban J connectivity index is 2.68. The van der Waals surface area contributed by atoms with Gasteiger partial charge in [-0.1, -0.05) is 6.07 Å². The van der Waals surface area contributed by atoms with E-state index < -0.39 is 5.82 Å². The lowest BCUT2D eigenvalue weighted by Gasteiger charge is -2.12. The van der Waals surface area contributed by atoms with E-state index in [1.54, 1.807) is 32.2 Å². The molecule has 0 aliphatic carbocycles. The fourth-order valence-corrected chi connectivity index (χ4v) is 1.99. The van der Waals surface area contributed by atoms with Crippen LogP contribution in [0.15, 0.2) is 18.2 Å². The molecule has 0 aliphatic rings. The topological polar surface area (TPSA) is 47.0 Å². The Kier molecular flexibility index (Phi) is 3.64. The van der Waals surface area contributed by atoms with Gasteiger partial charge in [0, 0.05) is 18.2 Å². The summed E-state index contributed by atoms with van der Waals surface area (Å²) < 4.78 is 19.3. The zero-order valence-corrected chi connectivity index (χ0v) is 11.4. The van der Waals surface area contributed by atoms with Crippen LogP contribution >= 0.6 is 0 Å². The molecule has 0 unspecified atom stereocenters. The van der Waals surface area contributed by atoms with Crippen molar-refractivity contribution in [1.82, 2.24) is 9.97 Å². The molecule has 5 heteroatoms. The van der Waals surface area contributed by atoms with Crippen LogP contribution in [0.3, 0.4) is 0 Å². The van der Waals surface area contributed by atoms with E-state index >= 15 is 0 Å². The number of nitrogens with zero attached hydrogens (tertiary/aromatic N) is 2. The molecule has 0 atom stereocenters. The van der Waals surface area contributed by atoms with E-state index in [2.05, 4.69) is 15.3 Å². The first kappa shape index (κ1) is 13.3. The maximum absolute atomic E-state index is 14.3. The van der Waals surface area contributed by atoms with Gasteiger partial charge in [-0.05, 0) is 26.0 Å². The lowest BCUT2D eigenvalue weighted by atomic mass is 10.1. The number of aryl methyl sites for hydroxylation is 1. The average Bonchev–Trinajstić information content (AvgIpc) is 2.41. The Morgan fingerprint density at radius 3 is 2.58 bits per heavy atom. The molecule has 0 amide bonds. The Morgan fingerprint density at radius 1 is 1.21 bits per heavy atom. The number of benzene rings is 1. The van der Waals surface area contributed by atoms with Gasteiger partial charge in [0.15, 0.2) is 11.6 Å². The summed E-state index contributed by atoms with van der Waals surface area (Å²) in [5.41, 5.74) is 1.80. The second-order valence-corrected chi connectivity index (χ2v) is 4.16. The number of rotatable bonds is 3. The van der Waals surface area contributed by atoms with E-state index in [0.29, 0.717) is 22.9 Å². The summed E-state index contributed by atoms with van der Waals surface area (Å²) in [6.07, 6.45) is 0. The lowest BCUT2D eigenvalue weighted by Crippen LogP contribution is -2.04. The molecule has 0 spiro atoms. The predicted octanol–water partition coefficient (Wildman–Crippen LogP) is 2.95. The van der Waals surface area contributed by atoms with Crippen molar-refractivity contribution in [3.8, 4) is 17.0 Å². The fourth-order valence-electron chi connectivity index (χ4n) is 1.99. The largest absolute Gasteiger partial charge is 0.494 e. The summed E-state index contributed by atoms with van der Waals surface area (Å²) >= 11 is 0. The van der Waals surface area contributed by atoms with E-state index in [-0.39, 0.29) is 5.75 Å². The van der Waals surface area contributed by atoms with Gasteiger partial charge < -0.3 is 10.1 Å². The molecule has 2 rings (SSSR count). The zero-order valence-electron chi connectivity index (χ0n) is 11.4. The molecule has 1 N–H and O–H groups in total. The minimum absolute atomic E-state index is 0.208. The molecule has 1 aromatic heterocycles. The summed E-state index contributed by atoms with van der Waals surface area (Å²) in [6.45, 7) is 3.64. The highest BCUT2D eigenvalue weighted by Crippen LogP contribution is 2.31. The standard InChI is InChI=1S/C14H16FN3O/c1-8-13(17-9(2)18-14(8)16-3)10-6-5-7-11(19-4)12(10)15/h5-7H,1-4H3,(H,16,17,18). The van der Waals surface area contributed by atoms with Crippen molar-refractivity contribution in [2.24, 2.45) is 0 Å². The summed E-state index contributed by atoms with van der Waals surface area (Å²) in [5.74, 6) is 1.09. The van der Waals surface area contributed by atoms with Crippen molar-refractivity contribution in [2.75, 3.05) is 19.5 Å². The molecule has 1 aromatic carbocycles. The molecule has 100 valence electrons. The van der Waals surface area contributed by atoms with Crippen LogP contribution in [-0.4, -0.2) is 24.1 Å². The zero-order chi connectivity index (χ0) is 14.0. The first-order valence-corrected chi connectivity index (χ1v) is 5.94. The number of methoxy groups -OCH3 is 1. The van der Waals surface area contributed by atoms with Crippen molar-refractivity contribution < 1.29 is 9.13 Å². The van der Waals surface area contributed by atoms with Gasteiger partial charge in [0.05, 0.1) is 12.8 Å². The average molecular weight is 261 g/mol. The molecular formula is C14H16FN3O. The minimum Gasteiger partial charge on any atom is -0.494 e. The molecule has 1 heterocycles. The molecule has 4 nitrogen and oxygen atoms in total. The molecule has 0 saturated carbocycles. The van der Waals surface area contributed by atoms with Crippen LogP contribution in [0.2, 0.25) is 0 Å². The highest BCUT2D eigenvalue weighted by atomic mass is 19.1. The van der Waals surface area contributed by atoms with Gasteiger partial charge in [-0.25, -0.2) is 14.4 Å². The SMILES string of the molecule is CNc1nc(C)nc(-c2cccc(OC)c2F)c1C. The maximum Gasteiger partial charge on any atom is 0.174 e. The molecular weight excluding hydrogens is 245 g/mol. The number of anilines is 1. The predicted molar refractivity (Wildman–Crippen MR) is 73.0 cm³/mol. The third-order valence-corrected chi connectivity index (χ3v) is 2.93. The van der Waals surface area contributed by atoms with Gasteiger partial charge in [-0.3, -0.25) is 0 Å². The van der Waals surface area contributed by atoms with Gasteiger partial charge in [0.2, 0.25) is 0 Å².